The van der Waals surface area contributed by atoms with Gasteiger partial charge >= 0.3 is 75.5 Å². The van der Waals surface area contributed by atoms with Crippen LogP contribution < -0.4 is 10.3 Å². The zero-order valence-corrected chi connectivity index (χ0v) is 8.21. The number of nitrogens with one attached hydrogen (secondary N) is 1. The van der Waals surface area contributed by atoms with E-state index in [9.17, 15) is 4.79 Å². The van der Waals surface area contributed by atoms with Crippen molar-refractivity contribution in [3.8, 4) is 12.3 Å². The molecule has 12 heavy (non-hydrogen) atoms. The van der Waals surface area contributed by atoms with Crippen LogP contribution in [0, 0.1) is 19.3 Å². The third kappa shape index (κ3) is 2.19. The van der Waals surface area contributed by atoms with Crippen molar-refractivity contribution >= 4 is 19.7 Å². The predicted octanol–water partition coefficient (Wildman–Crippen LogP) is -1.15. The first-order chi connectivity index (χ1) is 5.74. The molecular formula is C7H7N3OSe. The van der Waals surface area contributed by atoms with Crippen molar-refractivity contribution in [2.24, 2.45) is 0 Å². The number of hydrogen-bond acceptors (Lipinski definition) is 3. The van der Waals surface area contributed by atoms with Gasteiger partial charge in [0.25, 0.3) is 0 Å². The Morgan fingerprint density at radius 2 is 2.42 bits per heavy atom. The van der Waals surface area contributed by atoms with Crippen molar-refractivity contribution < 1.29 is 0 Å². The van der Waals surface area contributed by atoms with Crippen LogP contribution in [0.3, 0.4) is 0 Å². The van der Waals surface area contributed by atoms with Gasteiger partial charge in [0, 0.05) is 0 Å². The summed E-state index contributed by atoms with van der Waals surface area (Å²) in [4.78, 5) is 13.6. The van der Waals surface area contributed by atoms with Gasteiger partial charge in [-0.05, 0) is 0 Å². The number of hydrogen-bond donors (Lipinski definition) is 1. The second kappa shape index (κ2) is 4.05. The first-order valence-electron chi connectivity index (χ1n) is 3.24. The van der Waals surface area contributed by atoms with Gasteiger partial charge in [-0.3, -0.25) is 0 Å². The second-order valence-corrected chi connectivity index (χ2v) is 4.06. The van der Waals surface area contributed by atoms with E-state index in [1.165, 1.54) is 0 Å². The van der Waals surface area contributed by atoms with Crippen molar-refractivity contribution in [3.63, 3.8) is 0 Å². The minimum atomic E-state index is -0.182. The standard InChI is InChI=1S/C7H7N3OSe/c1-3-4-12-7-8-6(11)5(2)9-10-7/h1H,4H2,2H3,(H,8,10,11). The molecule has 0 saturated heterocycles. The van der Waals surface area contributed by atoms with Gasteiger partial charge in [-0.15, -0.1) is 0 Å². The van der Waals surface area contributed by atoms with E-state index in [0.29, 0.717) is 15.7 Å². The molecule has 0 bridgehead atoms. The summed E-state index contributed by atoms with van der Waals surface area (Å²) in [5.74, 6) is 2.49. The Morgan fingerprint density at radius 1 is 1.67 bits per heavy atom. The molecule has 1 rings (SSSR count). The molecule has 0 aliphatic rings. The number of terminal acetylenes is 1. The SMILES string of the molecule is C#CC[Se]c1nnc(C)c(=O)[nH]1. The fraction of sp³-hybridized carbons (Fsp3) is 0.286. The Balaban J connectivity index is 2.84. The molecule has 0 saturated carbocycles. The van der Waals surface area contributed by atoms with Gasteiger partial charge in [0.05, 0.1) is 0 Å². The van der Waals surface area contributed by atoms with Crippen LogP contribution in [0.4, 0.5) is 0 Å². The molecule has 0 aliphatic heterocycles. The van der Waals surface area contributed by atoms with E-state index in [1.54, 1.807) is 6.92 Å². The summed E-state index contributed by atoms with van der Waals surface area (Å²) >= 11 is 0.0363. The van der Waals surface area contributed by atoms with Gasteiger partial charge in [-0.1, -0.05) is 0 Å². The summed E-state index contributed by atoms with van der Waals surface area (Å²) in [5.41, 5.74) is 0.203. The Hall–Kier alpha value is -1.11. The van der Waals surface area contributed by atoms with Crippen LogP contribution in [0.5, 0.6) is 0 Å². The summed E-state index contributed by atoms with van der Waals surface area (Å²) < 4.78 is 0.607. The molecule has 0 aliphatic carbocycles. The molecule has 0 fully saturated rings. The first-order valence-corrected chi connectivity index (χ1v) is 5.30. The maximum absolute atomic E-state index is 11.0. The molecule has 1 N–H and O–H groups in total. The summed E-state index contributed by atoms with van der Waals surface area (Å²) in [5, 5.41) is 8.11. The molecule has 4 nitrogen and oxygen atoms in total. The molecule has 0 unspecified atom stereocenters. The number of rotatable bonds is 2. The number of aromatic amines is 1. The molecule has 0 radical (unpaired) electrons. The molecule has 0 atom stereocenters. The van der Waals surface area contributed by atoms with Crippen LogP contribution in [0.25, 0.3) is 0 Å². The Kier molecular flexibility index (Phi) is 3.03. The van der Waals surface area contributed by atoms with Gasteiger partial charge in [0.1, 0.15) is 0 Å². The summed E-state index contributed by atoms with van der Waals surface area (Å²) in [6.45, 7) is 1.61. The Morgan fingerprint density at radius 3 is 3.00 bits per heavy atom. The van der Waals surface area contributed by atoms with E-state index >= 15 is 0 Å². The summed E-state index contributed by atoms with van der Waals surface area (Å²) in [6, 6.07) is 0. The zero-order chi connectivity index (χ0) is 8.97. The van der Waals surface area contributed by atoms with Crippen LogP contribution in [-0.4, -0.2) is 30.1 Å². The summed E-state index contributed by atoms with van der Waals surface area (Å²) in [6.07, 6.45) is 5.07. The van der Waals surface area contributed by atoms with Gasteiger partial charge in [0.2, 0.25) is 0 Å². The Labute approximate surface area is 76.0 Å². The minimum absolute atomic E-state index is 0.0363. The second-order valence-electron chi connectivity index (χ2n) is 2.04. The average molecular weight is 228 g/mol. The molecule has 1 aromatic rings. The van der Waals surface area contributed by atoms with E-state index < -0.39 is 0 Å². The number of nitrogens with zero attached hydrogens (tertiary/aromatic N) is 2. The van der Waals surface area contributed by atoms with Crippen LogP contribution in [0.1, 0.15) is 5.69 Å². The van der Waals surface area contributed by atoms with Crippen molar-refractivity contribution in [3.05, 3.63) is 16.0 Å². The average Bonchev–Trinajstić information content (AvgIpc) is 2.07. The molecular weight excluding hydrogens is 221 g/mol. The monoisotopic (exact) mass is 229 g/mol. The zero-order valence-electron chi connectivity index (χ0n) is 6.50. The van der Waals surface area contributed by atoms with Gasteiger partial charge in [-0.25, -0.2) is 0 Å². The molecule has 5 heteroatoms. The number of H-pyrrole nitrogens is 1. The number of aryl methyl sites for hydroxylation is 1. The van der Waals surface area contributed by atoms with E-state index in [2.05, 4.69) is 21.1 Å². The van der Waals surface area contributed by atoms with Crippen molar-refractivity contribution in [2.45, 2.75) is 12.2 Å². The van der Waals surface area contributed by atoms with E-state index in [1.807, 2.05) is 0 Å². The van der Waals surface area contributed by atoms with Gasteiger partial charge in [-0.2, -0.15) is 0 Å². The summed E-state index contributed by atoms with van der Waals surface area (Å²) in [7, 11) is 0. The van der Waals surface area contributed by atoms with E-state index in [4.69, 9.17) is 6.42 Å². The van der Waals surface area contributed by atoms with E-state index in [-0.39, 0.29) is 20.5 Å². The number of aromatic nitrogens is 3. The van der Waals surface area contributed by atoms with Crippen LogP contribution in [0.15, 0.2) is 4.79 Å². The van der Waals surface area contributed by atoms with Crippen LogP contribution in [0.2, 0.25) is 5.32 Å². The molecule has 0 aromatic carbocycles. The van der Waals surface area contributed by atoms with Crippen molar-refractivity contribution in [2.75, 3.05) is 0 Å². The predicted molar refractivity (Wildman–Crippen MR) is 46.4 cm³/mol. The van der Waals surface area contributed by atoms with Gasteiger partial charge < -0.3 is 0 Å². The fourth-order valence-corrected chi connectivity index (χ4v) is 1.57. The van der Waals surface area contributed by atoms with Crippen LogP contribution in [-0.2, 0) is 0 Å². The maximum atomic E-state index is 11.0. The van der Waals surface area contributed by atoms with Gasteiger partial charge in [0.15, 0.2) is 0 Å². The van der Waals surface area contributed by atoms with Crippen LogP contribution >= 0.6 is 0 Å². The molecule has 0 spiro atoms. The molecule has 1 heterocycles. The van der Waals surface area contributed by atoms with Crippen molar-refractivity contribution in [1.29, 1.82) is 0 Å². The van der Waals surface area contributed by atoms with E-state index in [0.717, 1.165) is 0 Å². The molecule has 0 amide bonds. The quantitative estimate of drug-likeness (QED) is 0.514. The topological polar surface area (TPSA) is 58.6 Å². The first kappa shape index (κ1) is 8.98. The third-order valence-electron chi connectivity index (χ3n) is 1.13. The normalized spacial score (nSPS) is 9.33. The molecule has 1 aromatic heterocycles. The van der Waals surface area contributed by atoms with Crippen molar-refractivity contribution in [1.82, 2.24) is 15.2 Å². The fourth-order valence-electron chi connectivity index (χ4n) is 0.553. The third-order valence-corrected chi connectivity index (χ3v) is 2.74. The molecule has 62 valence electrons. The Bertz CT molecular complexity index is 366.